The van der Waals surface area contributed by atoms with Crippen LogP contribution in [0.5, 0.6) is 0 Å². The highest BCUT2D eigenvalue weighted by molar-refractivity contribution is 7.25. The molecular weight excluding hydrogens is 232 g/mol. The number of pyridine rings is 2. The highest BCUT2D eigenvalue weighted by atomic mass is 32.1. The molecule has 4 heterocycles. The number of thiophene rings is 1. The van der Waals surface area contributed by atoms with Crippen molar-refractivity contribution in [2.24, 2.45) is 0 Å². The van der Waals surface area contributed by atoms with Gasteiger partial charge in [-0.05, 0) is 12.1 Å². The number of nitrogens with zero attached hydrogens (tertiary/aromatic N) is 4. The van der Waals surface area contributed by atoms with Gasteiger partial charge >= 0.3 is 0 Å². The standard InChI is InChI=1S/C12H6N4S/c1-2-13-5-11-7(1)8-3-9-10(4-14-6-15-9)16-12(8)17-11/h1-6H. The monoisotopic (exact) mass is 238 g/mol. The second-order valence-corrected chi connectivity index (χ2v) is 4.77. The molecule has 0 bridgehead atoms. The number of rotatable bonds is 0. The molecule has 0 aromatic carbocycles. The molecule has 4 nitrogen and oxygen atoms in total. The Bertz CT molecular complexity index is 847. The largest absolute Gasteiger partial charge is 0.263 e. The van der Waals surface area contributed by atoms with E-state index < -0.39 is 0 Å². The van der Waals surface area contributed by atoms with Crippen molar-refractivity contribution in [3.8, 4) is 0 Å². The van der Waals surface area contributed by atoms with E-state index in [4.69, 9.17) is 0 Å². The van der Waals surface area contributed by atoms with Crippen LogP contribution >= 0.6 is 11.3 Å². The average Bonchev–Trinajstić information content (AvgIpc) is 2.73. The third-order valence-corrected chi connectivity index (χ3v) is 3.79. The molecule has 80 valence electrons. The summed E-state index contributed by atoms with van der Waals surface area (Å²) in [6.07, 6.45) is 6.97. The zero-order chi connectivity index (χ0) is 11.2. The summed E-state index contributed by atoms with van der Waals surface area (Å²) >= 11 is 1.65. The van der Waals surface area contributed by atoms with Crippen molar-refractivity contribution in [3.05, 3.63) is 37.1 Å². The summed E-state index contributed by atoms with van der Waals surface area (Å²) in [4.78, 5) is 17.9. The Morgan fingerprint density at radius 2 is 2.00 bits per heavy atom. The van der Waals surface area contributed by atoms with Gasteiger partial charge in [-0.3, -0.25) is 4.98 Å². The van der Waals surface area contributed by atoms with Crippen molar-refractivity contribution in [2.75, 3.05) is 0 Å². The maximum atomic E-state index is 4.58. The predicted molar refractivity (Wildman–Crippen MR) is 68.0 cm³/mol. The van der Waals surface area contributed by atoms with E-state index in [2.05, 4.69) is 26.0 Å². The number of hydrogen-bond donors (Lipinski definition) is 0. The van der Waals surface area contributed by atoms with Crippen LogP contribution in [0.25, 0.3) is 31.3 Å². The minimum Gasteiger partial charge on any atom is -0.263 e. The van der Waals surface area contributed by atoms with Gasteiger partial charge in [-0.25, -0.2) is 15.0 Å². The molecule has 4 aromatic heterocycles. The Hall–Kier alpha value is -2.14. The van der Waals surface area contributed by atoms with E-state index >= 15 is 0 Å². The number of fused-ring (bicyclic) bond motifs is 4. The van der Waals surface area contributed by atoms with Crippen LogP contribution in [0.3, 0.4) is 0 Å². The summed E-state index contributed by atoms with van der Waals surface area (Å²) in [7, 11) is 0. The predicted octanol–water partition coefficient (Wildman–Crippen LogP) is 2.79. The van der Waals surface area contributed by atoms with Gasteiger partial charge in [0.05, 0.1) is 16.4 Å². The maximum Gasteiger partial charge on any atom is 0.125 e. The van der Waals surface area contributed by atoms with Crippen molar-refractivity contribution < 1.29 is 0 Å². The van der Waals surface area contributed by atoms with Gasteiger partial charge < -0.3 is 0 Å². The molecule has 5 heteroatoms. The molecule has 0 fully saturated rings. The van der Waals surface area contributed by atoms with Gasteiger partial charge in [0.15, 0.2) is 0 Å². The zero-order valence-electron chi connectivity index (χ0n) is 8.66. The Kier molecular flexibility index (Phi) is 1.67. The van der Waals surface area contributed by atoms with E-state index in [9.17, 15) is 0 Å². The Balaban J connectivity index is 2.28. The molecule has 0 saturated carbocycles. The summed E-state index contributed by atoms with van der Waals surface area (Å²) in [6, 6.07) is 4.08. The smallest absolute Gasteiger partial charge is 0.125 e. The molecule has 0 N–H and O–H groups in total. The van der Waals surface area contributed by atoms with Gasteiger partial charge in [0.2, 0.25) is 0 Å². The lowest BCUT2D eigenvalue weighted by Gasteiger charge is -1.95. The lowest BCUT2D eigenvalue weighted by molar-refractivity contribution is 1.21. The van der Waals surface area contributed by atoms with Crippen LogP contribution in [0.15, 0.2) is 37.1 Å². The van der Waals surface area contributed by atoms with Crippen LogP contribution in [-0.4, -0.2) is 19.9 Å². The van der Waals surface area contributed by atoms with Gasteiger partial charge in [0, 0.05) is 23.2 Å². The molecular formula is C12H6N4S. The fraction of sp³-hybridized carbons (Fsp3) is 0. The molecule has 0 spiro atoms. The molecule has 0 saturated heterocycles. The van der Waals surface area contributed by atoms with Crippen LogP contribution in [0.2, 0.25) is 0 Å². The highest BCUT2D eigenvalue weighted by Crippen LogP contribution is 2.33. The molecule has 0 aliphatic rings. The van der Waals surface area contributed by atoms with E-state index in [1.165, 1.54) is 5.39 Å². The van der Waals surface area contributed by atoms with Gasteiger partial charge in [-0.1, -0.05) is 0 Å². The van der Waals surface area contributed by atoms with E-state index in [0.29, 0.717) is 0 Å². The molecule has 0 aliphatic heterocycles. The Morgan fingerprint density at radius 1 is 1.00 bits per heavy atom. The van der Waals surface area contributed by atoms with Gasteiger partial charge in [0.25, 0.3) is 0 Å². The Morgan fingerprint density at radius 3 is 3.00 bits per heavy atom. The lowest BCUT2D eigenvalue weighted by Crippen LogP contribution is -1.83. The topological polar surface area (TPSA) is 51.6 Å². The summed E-state index contributed by atoms with van der Waals surface area (Å²) < 4.78 is 1.15. The SMILES string of the molecule is c1cc2c(cn1)sc1nc3cncnc3cc12. The quantitative estimate of drug-likeness (QED) is 0.472. The molecule has 0 aliphatic carbocycles. The van der Waals surface area contributed by atoms with E-state index in [0.717, 1.165) is 25.9 Å². The summed E-state index contributed by atoms with van der Waals surface area (Å²) in [5.41, 5.74) is 1.71. The first-order chi connectivity index (χ1) is 8.42. The van der Waals surface area contributed by atoms with Crippen LogP contribution < -0.4 is 0 Å². The first-order valence-electron chi connectivity index (χ1n) is 5.15. The molecule has 4 rings (SSSR count). The first-order valence-corrected chi connectivity index (χ1v) is 5.96. The minimum atomic E-state index is 0.833. The van der Waals surface area contributed by atoms with Crippen molar-refractivity contribution >= 4 is 42.7 Å². The third kappa shape index (κ3) is 1.23. The van der Waals surface area contributed by atoms with Crippen LogP contribution in [0, 0.1) is 0 Å². The Labute approximate surface area is 100.0 Å². The third-order valence-electron chi connectivity index (χ3n) is 2.74. The van der Waals surface area contributed by atoms with E-state index in [1.807, 2.05) is 12.3 Å². The van der Waals surface area contributed by atoms with E-state index in [-0.39, 0.29) is 0 Å². The maximum absolute atomic E-state index is 4.58. The second-order valence-electron chi connectivity index (χ2n) is 3.74. The van der Waals surface area contributed by atoms with Crippen molar-refractivity contribution in [1.29, 1.82) is 0 Å². The first kappa shape index (κ1) is 8.95. The fourth-order valence-corrected chi connectivity index (χ4v) is 2.99. The van der Waals surface area contributed by atoms with Gasteiger partial charge in [-0.15, -0.1) is 11.3 Å². The molecule has 0 unspecified atom stereocenters. The van der Waals surface area contributed by atoms with Crippen LogP contribution in [0.4, 0.5) is 0 Å². The fourth-order valence-electron chi connectivity index (χ4n) is 1.96. The number of hydrogen-bond acceptors (Lipinski definition) is 5. The number of aromatic nitrogens is 4. The molecule has 4 aromatic rings. The summed E-state index contributed by atoms with van der Waals surface area (Å²) in [5, 5.41) is 2.33. The van der Waals surface area contributed by atoms with E-state index in [1.54, 1.807) is 30.1 Å². The van der Waals surface area contributed by atoms with Crippen molar-refractivity contribution in [1.82, 2.24) is 19.9 Å². The van der Waals surface area contributed by atoms with Crippen LogP contribution in [0.1, 0.15) is 0 Å². The van der Waals surface area contributed by atoms with Gasteiger partial charge in [-0.2, -0.15) is 0 Å². The molecule has 0 atom stereocenters. The van der Waals surface area contributed by atoms with Crippen LogP contribution in [-0.2, 0) is 0 Å². The summed E-state index contributed by atoms with van der Waals surface area (Å²) in [5.74, 6) is 0. The average molecular weight is 238 g/mol. The lowest BCUT2D eigenvalue weighted by atomic mass is 10.2. The summed E-state index contributed by atoms with van der Waals surface area (Å²) in [6.45, 7) is 0. The van der Waals surface area contributed by atoms with Gasteiger partial charge in [0.1, 0.15) is 16.7 Å². The van der Waals surface area contributed by atoms with Crippen molar-refractivity contribution in [3.63, 3.8) is 0 Å². The highest BCUT2D eigenvalue weighted by Gasteiger charge is 2.07. The molecule has 0 radical (unpaired) electrons. The normalized spacial score (nSPS) is 11.5. The minimum absolute atomic E-state index is 0.833. The molecule has 0 amide bonds. The second kappa shape index (κ2) is 3.18. The molecule has 17 heavy (non-hydrogen) atoms. The van der Waals surface area contributed by atoms with Crippen molar-refractivity contribution in [2.45, 2.75) is 0 Å². The zero-order valence-corrected chi connectivity index (χ0v) is 9.48.